The van der Waals surface area contributed by atoms with Gasteiger partial charge < -0.3 is 28.5 Å². The van der Waals surface area contributed by atoms with Crippen LogP contribution in [0.1, 0.15) is 56.2 Å². The van der Waals surface area contributed by atoms with Gasteiger partial charge in [-0.15, -0.1) is 0 Å². The number of aryl methyl sites for hydroxylation is 1. The molecule has 57 heavy (non-hydrogen) atoms. The second kappa shape index (κ2) is 13.7. The molecule has 4 aromatic carbocycles. The van der Waals surface area contributed by atoms with Crippen LogP contribution in [0.3, 0.4) is 0 Å². The maximum atomic E-state index is 13.1. The monoisotopic (exact) mass is 754 g/mol. The van der Waals surface area contributed by atoms with E-state index in [1.165, 1.54) is 12.7 Å². The van der Waals surface area contributed by atoms with Gasteiger partial charge in [0.2, 0.25) is 11.8 Å². The predicted octanol–water partition coefficient (Wildman–Crippen LogP) is 9.34. The fourth-order valence-electron chi connectivity index (χ4n) is 8.16. The highest BCUT2D eigenvalue weighted by molar-refractivity contribution is 5.98. The SMILES string of the molecule is COC(=O)c1cc(N2CCC(c3ccc4nc(-c5cnc(N6CCCc7ccccc76)cc5C(=O)O)oc4c3)c3ccccc32)ncc1-c1nc2ccccc2o1. The number of aromatic carboxylic acids is 1. The molecule has 0 spiro atoms. The Hall–Kier alpha value is -7.34. The Bertz CT molecular complexity index is 2850. The summed E-state index contributed by atoms with van der Waals surface area (Å²) < 4.78 is 17.5. The Morgan fingerprint density at radius 3 is 2.14 bits per heavy atom. The van der Waals surface area contributed by atoms with E-state index in [0.29, 0.717) is 57.1 Å². The molecule has 2 aliphatic heterocycles. The normalized spacial score (nSPS) is 15.1. The number of carboxylic acid groups (broad SMARTS) is 1. The molecule has 0 bridgehead atoms. The number of nitrogens with zero attached hydrogens (tertiary/aromatic N) is 6. The third-order valence-corrected chi connectivity index (χ3v) is 10.9. The number of oxazole rings is 2. The van der Waals surface area contributed by atoms with Crippen LogP contribution < -0.4 is 9.80 Å². The number of carboxylic acids is 1. The zero-order valence-corrected chi connectivity index (χ0v) is 30.8. The third kappa shape index (κ3) is 5.93. The van der Waals surface area contributed by atoms with Crippen LogP contribution in [0, 0.1) is 0 Å². The minimum atomic E-state index is -1.08. The number of aromatic nitrogens is 4. The van der Waals surface area contributed by atoms with Gasteiger partial charge in [-0.1, -0.05) is 54.6 Å². The fraction of sp³-hybridized carbons (Fsp3) is 0.156. The van der Waals surface area contributed by atoms with Crippen LogP contribution in [-0.4, -0.2) is 57.2 Å². The summed E-state index contributed by atoms with van der Waals surface area (Å²) in [5, 5.41) is 10.3. The fourth-order valence-corrected chi connectivity index (χ4v) is 8.16. The minimum absolute atomic E-state index is 0.0115. The smallest absolute Gasteiger partial charge is 0.338 e. The number of fused-ring (bicyclic) bond motifs is 4. The molecular formula is C45H34N6O6. The second-order valence-electron chi connectivity index (χ2n) is 14.1. The standard InChI is InChI=1S/C45H34N6O6/c1-55-45(54)31-23-41(47-25-33(31)43-48-34-12-4-7-15-38(34)56-43)51-20-18-28(29-11-3-6-14-37(29)51)27-16-17-35-39(21-27)57-42(49-35)32-24-46-40(22-30(32)44(52)53)50-19-8-10-26-9-2-5-13-36(26)50/h2-7,9,11-17,21-25,28H,8,10,18-20H2,1H3,(H,52,53). The lowest BCUT2D eigenvalue weighted by Gasteiger charge is -2.35. The summed E-state index contributed by atoms with van der Waals surface area (Å²) >= 11 is 0. The summed E-state index contributed by atoms with van der Waals surface area (Å²) in [4.78, 5) is 48.7. The highest BCUT2D eigenvalue weighted by Crippen LogP contribution is 2.44. The number of benzene rings is 4. The molecule has 0 saturated carbocycles. The quantitative estimate of drug-likeness (QED) is 0.155. The number of hydrogen-bond donors (Lipinski definition) is 1. The highest BCUT2D eigenvalue weighted by Gasteiger charge is 2.30. The molecule has 1 N–H and O–H groups in total. The number of anilines is 4. The Balaban J connectivity index is 0.965. The van der Waals surface area contributed by atoms with E-state index in [-0.39, 0.29) is 23.3 Å². The Kier molecular flexibility index (Phi) is 8.24. The van der Waals surface area contributed by atoms with Crippen LogP contribution in [0.25, 0.3) is 45.1 Å². The van der Waals surface area contributed by atoms with Crippen LogP contribution >= 0.6 is 0 Å². The van der Waals surface area contributed by atoms with Crippen molar-refractivity contribution in [1.82, 2.24) is 19.9 Å². The van der Waals surface area contributed by atoms with Crippen molar-refractivity contribution in [3.05, 3.63) is 143 Å². The van der Waals surface area contributed by atoms with Gasteiger partial charge in [0.15, 0.2) is 11.2 Å². The number of pyridine rings is 2. The van der Waals surface area contributed by atoms with E-state index in [4.69, 9.17) is 28.5 Å². The molecule has 12 heteroatoms. The number of para-hydroxylation sites is 4. The number of carbonyl (C=O) groups is 2. The molecule has 280 valence electrons. The molecule has 0 radical (unpaired) electrons. The van der Waals surface area contributed by atoms with E-state index in [1.807, 2.05) is 78.9 Å². The van der Waals surface area contributed by atoms with Crippen LogP contribution in [0.2, 0.25) is 0 Å². The third-order valence-electron chi connectivity index (χ3n) is 10.9. The van der Waals surface area contributed by atoms with Gasteiger partial charge in [0.1, 0.15) is 22.7 Å². The summed E-state index contributed by atoms with van der Waals surface area (Å²) in [5.74, 6) is 0.0568. The first kappa shape index (κ1) is 34.2. The van der Waals surface area contributed by atoms with Crippen LogP contribution in [0.15, 0.2) is 124 Å². The van der Waals surface area contributed by atoms with Gasteiger partial charge >= 0.3 is 11.9 Å². The Morgan fingerprint density at radius 2 is 1.37 bits per heavy atom. The lowest BCUT2D eigenvalue weighted by molar-refractivity contribution is 0.0600. The van der Waals surface area contributed by atoms with Crippen molar-refractivity contribution in [2.75, 3.05) is 30.0 Å². The Morgan fingerprint density at radius 1 is 0.719 bits per heavy atom. The van der Waals surface area contributed by atoms with E-state index < -0.39 is 11.9 Å². The van der Waals surface area contributed by atoms with E-state index >= 15 is 0 Å². The molecule has 1 atom stereocenters. The largest absolute Gasteiger partial charge is 0.478 e. The molecule has 8 aromatic rings. The van der Waals surface area contributed by atoms with Gasteiger partial charge in [-0.05, 0) is 84.5 Å². The van der Waals surface area contributed by atoms with Crippen molar-refractivity contribution in [3.8, 4) is 22.9 Å². The van der Waals surface area contributed by atoms with Crippen LogP contribution in [0.5, 0.6) is 0 Å². The van der Waals surface area contributed by atoms with E-state index in [1.54, 1.807) is 24.5 Å². The molecule has 4 aromatic heterocycles. The number of ether oxygens (including phenoxy) is 1. The van der Waals surface area contributed by atoms with Gasteiger partial charge in [-0.25, -0.2) is 29.5 Å². The number of esters is 1. The first-order valence-corrected chi connectivity index (χ1v) is 18.7. The van der Waals surface area contributed by atoms with Crippen molar-refractivity contribution in [3.63, 3.8) is 0 Å². The molecule has 0 aliphatic carbocycles. The summed E-state index contributed by atoms with van der Waals surface area (Å²) in [6.07, 6.45) is 5.81. The van der Waals surface area contributed by atoms with Crippen molar-refractivity contribution < 1.29 is 28.3 Å². The lowest BCUT2D eigenvalue weighted by Crippen LogP contribution is -2.28. The van der Waals surface area contributed by atoms with Gasteiger partial charge in [-0.2, -0.15) is 0 Å². The van der Waals surface area contributed by atoms with Crippen LogP contribution in [0.4, 0.5) is 23.0 Å². The van der Waals surface area contributed by atoms with E-state index in [0.717, 1.165) is 48.3 Å². The molecule has 12 nitrogen and oxygen atoms in total. The predicted molar refractivity (Wildman–Crippen MR) is 214 cm³/mol. The molecule has 0 saturated heterocycles. The van der Waals surface area contributed by atoms with Gasteiger partial charge in [0, 0.05) is 42.8 Å². The lowest BCUT2D eigenvalue weighted by atomic mass is 9.84. The topological polar surface area (TPSA) is 148 Å². The van der Waals surface area contributed by atoms with Gasteiger partial charge in [0.25, 0.3) is 0 Å². The summed E-state index contributed by atoms with van der Waals surface area (Å²) in [6.45, 7) is 1.35. The molecule has 0 amide bonds. The summed E-state index contributed by atoms with van der Waals surface area (Å²) in [5.41, 5.74) is 8.90. The average molecular weight is 755 g/mol. The first-order valence-electron chi connectivity index (χ1n) is 18.7. The molecule has 1 unspecified atom stereocenters. The maximum absolute atomic E-state index is 13.1. The molecule has 0 fully saturated rings. The number of carbonyl (C=O) groups excluding carboxylic acids is 1. The van der Waals surface area contributed by atoms with Crippen molar-refractivity contribution in [1.29, 1.82) is 0 Å². The van der Waals surface area contributed by atoms with Crippen LogP contribution in [-0.2, 0) is 11.2 Å². The zero-order valence-electron chi connectivity index (χ0n) is 30.8. The van der Waals surface area contributed by atoms with Crippen molar-refractivity contribution in [2.45, 2.75) is 25.2 Å². The van der Waals surface area contributed by atoms with Crippen molar-refractivity contribution >= 4 is 57.1 Å². The minimum Gasteiger partial charge on any atom is -0.478 e. The Labute approximate surface area is 326 Å². The average Bonchev–Trinajstić information content (AvgIpc) is 3.90. The van der Waals surface area contributed by atoms with Gasteiger partial charge in [-0.3, -0.25) is 0 Å². The molecular weight excluding hydrogens is 721 g/mol. The summed E-state index contributed by atoms with van der Waals surface area (Å²) in [7, 11) is 1.35. The van der Waals surface area contributed by atoms with Gasteiger partial charge in [0.05, 0.1) is 29.4 Å². The van der Waals surface area contributed by atoms with E-state index in [2.05, 4.69) is 26.9 Å². The molecule has 6 heterocycles. The first-order chi connectivity index (χ1) is 27.9. The number of hydrogen-bond acceptors (Lipinski definition) is 11. The second-order valence-corrected chi connectivity index (χ2v) is 14.1. The maximum Gasteiger partial charge on any atom is 0.338 e. The highest BCUT2D eigenvalue weighted by atomic mass is 16.5. The number of rotatable bonds is 7. The van der Waals surface area contributed by atoms with Crippen molar-refractivity contribution in [2.24, 2.45) is 0 Å². The zero-order chi connectivity index (χ0) is 38.6. The van der Waals surface area contributed by atoms with E-state index in [9.17, 15) is 14.7 Å². The molecule has 10 rings (SSSR count). The summed E-state index contributed by atoms with van der Waals surface area (Å²) in [6, 6.07) is 33.0. The molecule has 2 aliphatic rings. The number of methoxy groups -OCH3 is 1.